The smallest absolute Gasteiger partial charge is 0.266 e. The molecule has 0 spiro atoms. The number of amides is 1. The van der Waals surface area contributed by atoms with Crippen molar-refractivity contribution in [2.75, 3.05) is 0 Å². The number of imidazole rings is 1. The van der Waals surface area contributed by atoms with Crippen LogP contribution < -0.4 is 10.9 Å². The SMILES string of the molecule is CC[C@H](Cn1nc(-c2cccs2)ccc1=O)NC(=O)c1ccc2nc(C)[nH]c2c1. The van der Waals surface area contributed by atoms with Crippen molar-refractivity contribution in [3.05, 3.63) is 69.6 Å². The highest BCUT2D eigenvalue weighted by atomic mass is 32.1. The van der Waals surface area contributed by atoms with Crippen molar-refractivity contribution in [1.82, 2.24) is 25.1 Å². The van der Waals surface area contributed by atoms with Crippen molar-refractivity contribution in [2.45, 2.75) is 32.9 Å². The van der Waals surface area contributed by atoms with Crippen molar-refractivity contribution in [1.29, 1.82) is 0 Å². The van der Waals surface area contributed by atoms with E-state index in [4.69, 9.17) is 0 Å². The number of aryl methyl sites for hydroxylation is 1. The second-order valence-corrected chi connectivity index (χ2v) is 7.80. The number of aromatic amines is 1. The van der Waals surface area contributed by atoms with Gasteiger partial charge >= 0.3 is 0 Å². The van der Waals surface area contributed by atoms with E-state index in [0.717, 1.165) is 27.4 Å². The van der Waals surface area contributed by atoms with E-state index in [9.17, 15) is 9.59 Å². The van der Waals surface area contributed by atoms with Gasteiger partial charge in [0, 0.05) is 17.7 Å². The largest absolute Gasteiger partial charge is 0.347 e. The van der Waals surface area contributed by atoms with Crippen LogP contribution in [0.25, 0.3) is 21.6 Å². The molecule has 0 aliphatic heterocycles. The predicted molar refractivity (Wildman–Crippen MR) is 114 cm³/mol. The van der Waals surface area contributed by atoms with Gasteiger partial charge in [-0.05, 0) is 49.1 Å². The summed E-state index contributed by atoms with van der Waals surface area (Å²) in [5.41, 5.74) is 2.76. The van der Waals surface area contributed by atoms with Gasteiger partial charge in [-0.15, -0.1) is 11.3 Å². The number of thiophene rings is 1. The Morgan fingerprint density at radius 3 is 2.90 bits per heavy atom. The number of aromatic nitrogens is 4. The summed E-state index contributed by atoms with van der Waals surface area (Å²) >= 11 is 1.57. The lowest BCUT2D eigenvalue weighted by atomic mass is 10.1. The van der Waals surface area contributed by atoms with Crippen LogP contribution in [-0.4, -0.2) is 31.7 Å². The third-order valence-corrected chi connectivity index (χ3v) is 5.62. The van der Waals surface area contributed by atoms with E-state index in [0.29, 0.717) is 18.5 Å². The van der Waals surface area contributed by atoms with E-state index in [1.54, 1.807) is 29.5 Å². The van der Waals surface area contributed by atoms with Gasteiger partial charge in [0.05, 0.1) is 22.5 Å². The van der Waals surface area contributed by atoms with Crippen LogP contribution in [0.1, 0.15) is 29.5 Å². The van der Waals surface area contributed by atoms with Crippen LogP contribution in [-0.2, 0) is 6.54 Å². The minimum Gasteiger partial charge on any atom is -0.347 e. The van der Waals surface area contributed by atoms with E-state index < -0.39 is 0 Å². The first-order chi connectivity index (χ1) is 14.0. The first-order valence-electron chi connectivity index (χ1n) is 9.43. The van der Waals surface area contributed by atoms with Crippen LogP contribution in [0.5, 0.6) is 0 Å². The molecule has 1 amide bonds. The van der Waals surface area contributed by atoms with Gasteiger partial charge in [-0.3, -0.25) is 9.59 Å². The Balaban J connectivity index is 1.52. The number of nitrogens with zero attached hydrogens (tertiary/aromatic N) is 3. The molecule has 0 bridgehead atoms. The zero-order valence-electron chi connectivity index (χ0n) is 16.2. The standard InChI is InChI=1S/C21H21N5O2S/c1-3-15(12-26-20(27)9-8-17(25-26)19-5-4-10-29-19)24-21(28)14-6-7-16-18(11-14)23-13(2)22-16/h4-11,15H,3,12H2,1-2H3,(H,22,23)(H,24,28)/t15-/m1/s1. The Morgan fingerprint density at radius 1 is 1.28 bits per heavy atom. The average molecular weight is 407 g/mol. The maximum Gasteiger partial charge on any atom is 0.266 e. The highest BCUT2D eigenvalue weighted by Gasteiger charge is 2.15. The summed E-state index contributed by atoms with van der Waals surface area (Å²) in [7, 11) is 0. The molecule has 2 N–H and O–H groups in total. The second-order valence-electron chi connectivity index (χ2n) is 6.85. The molecule has 148 valence electrons. The molecule has 0 unspecified atom stereocenters. The molecule has 0 saturated heterocycles. The molecule has 0 saturated carbocycles. The third-order valence-electron chi connectivity index (χ3n) is 4.72. The number of H-pyrrole nitrogens is 1. The van der Waals surface area contributed by atoms with E-state index in [2.05, 4.69) is 20.4 Å². The molecular weight excluding hydrogens is 386 g/mol. The van der Waals surface area contributed by atoms with Gasteiger partial charge in [0.15, 0.2) is 0 Å². The van der Waals surface area contributed by atoms with E-state index in [1.807, 2.05) is 37.4 Å². The normalized spacial score (nSPS) is 12.2. The summed E-state index contributed by atoms with van der Waals surface area (Å²) < 4.78 is 1.42. The number of hydrogen-bond donors (Lipinski definition) is 2. The van der Waals surface area contributed by atoms with Gasteiger partial charge in [0.25, 0.3) is 11.5 Å². The van der Waals surface area contributed by atoms with Crippen LogP contribution in [0.15, 0.2) is 52.6 Å². The molecule has 0 aliphatic carbocycles. The first-order valence-corrected chi connectivity index (χ1v) is 10.3. The Labute approximate surface area is 171 Å². The topological polar surface area (TPSA) is 92.7 Å². The highest BCUT2D eigenvalue weighted by Crippen LogP contribution is 2.21. The summed E-state index contributed by atoms with van der Waals surface area (Å²) in [5.74, 6) is 0.619. The van der Waals surface area contributed by atoms with Gasteiger partial charge in [-0.2, -0.15) is 5.10 Å². The average Bonchev–Trinajstić information content (AvgIpc) is 3.37. The zero-order chi connectivity index (χ0) is 20.4. The quantitative estimate of drug-likeness (QED) is 0.513. The van der Waals surface area contributed by atoms with Gasteiger partial charge in [0.2, 0.25) is 0 Å². The Morgan fingerprint density at radius 2 is 2.14 bits per heavy atom. The Kier molecular flexibility index (Phi) is 5.26. The highest BCUT2D eigenvalue weighted by molar-refractivity contribution is 7.13. The van der Waals surface area contributed by atoms with E-state index >= 15 is 0 Å². The fourth-order valence-corrected chi connectivity index (χ4v) is 3.86. The van der Waals surface area contributed by atoms with Crippen molar-refractivity contribution in [2.24, 2.45) is 0 Å². The molecule has 29 heavy (non-hydrogen) atoms. The maximum atomic E-state index is 12.7. The van der Waals surface area contributed by atoms with Crippen molar-refractivity contribution in [3.63, 3.8) is 0 Å². The number of nitrogens with one attached hydrogen (secondary N) is 2. The van der Waals surface area contributed by atoms with Crippen LogP contribution in [0.4, 0.5) is 0 Å². The molecule has 0 aliphatic rings. The van der Waals surface area contributed by atoms with Crippen LogP contribution in [0.3, 0.4) is 0 Å². The molecule has 3 heterocycles. The fourth-order valence-electron chi connectivity index (χ4n) is 3.17. The summed E-state index contributed by atoms with van der Waals surface area (Å²) in [6.07, 6.45) is 0.675. The number of carbonyl (C=O) groups excluding carboxylic acids is 1. The number of carbonyl (C=O) groups is 1. The third kappa shape index (κ3) is 4.12. The predicted octanol–water partition coefficient (Wildman–Crippen LogP) is 3.37. The summed E-state index contributed by atoms with van der Waals surface area (Å²) in [5, 5.41) is 9.46. The van der Waals surface area contributed by atoms with Gasteiger partial charge < -0.3 is 10.3 Å². The first kappa shape index (κ1) is 19.1. The maximum absolute atomic E-state index is 12.7. The molecule has 1 aromatic carbocycles. The lowest BCUT2D eigenvalue weighted by molar-refractivity contribution is 0.0931. The molecule has 8 heteroatoms. The van der Waals surface area contributed by atoms with Crippen molar-refractivity contribution < 1.29 is 4.79 Å². The Bertz CT molecular complexity index is 1210. The van der Waals surface area contributed by atoms with Crippen LogP contribution in [0, 0.1) is 6.92 Å². The van der Waals surface area contributed by atoms with Gasteiger partial charge in [0.1, 0.15) is 11.5 Å². The van der Waals surface area contributed by atoms with Crippen LogP contribution >= 0.6 is 11.3 Å². The van der Waals surface area contributed by atoms with Gasteiger partial charge in [-0.1, -0.05) is 13.0 Å². The number of benzene rings is 1. The van der Waals surface area contributed by atoms with Gasteiger partial charge in [-0.25, -0.2) is 9.67 Å². The second kappa shape index (κ2) is 8.00. The molecule has 7 nitrogen and oxygen atoms in total. The lowest BCUT2D eigenvalue weighted by Gasteiger charge is -2.18. The molecule has 4 aromatic rings. The molecular formula is C21H21N5O2S. The van der Waals surface area contributed by atoms with Crippen molar-refractivity contribution >= 4 is 28.3 Å². The monoisotopic (exact) mass is 407 g/mol. The van der Waals surface area contributed by atoms with E-state index in [1.165, 1.54) is 10.7 Å². The number of rotatable bonds is 6. The number of hydrogen-bond acceptors (Lipinski definition) is 5. The molecule has 3 aromatic heterocycles. The Hall–Kier alpha value is -3.26. The molecule has 0 radical (unpaired) electrons. The van der Waals surface area contributed by atoms with Crippen molar-refractivity contribution in [3.8, 4) is 10.6 Å². The summed E-state index contributed by atoms with van der Waals surface area (Å²) in [6.45, 7) is 4.16. The van der Waals surface area contributed by atoms with Crippen LogP contribution in [0.2, 0.25) is 0 Å². The molecule has 1 atom stereocenters. The molecule has 4 rings (SSSR count). The summed E-state index contributed by atoms with van der Waals surface area (Å²) in [6, 6.07) is 12.3. The number of fused-ring (bicyclic) bond motifs is 1. The van der Waals surface area contributed by atoms with E-state index in [-0.39, 0.29) is 17.5 Å². The molecule has 0 fully saturated rings. The minimum absolute atomic E-state index is 0.187. The zero-order valence-corrected chi connectivity index (χ0v) is 17.0. The lowest BCUT2D eigenvalue weighted by Crippen LogP contribution is -2.40. The minimum atomic E-state index is -0.217. The fraction of sp³-hybridized carbons (Fsp3) is 0.238. The summed E-state index contributed by atoms with van der Waals surface area (Å²) in [4.78, 5) is 33.5.